The highest BCUT2D eigenvalue weighted by molar-refractivity contribution is 7.08. The number of aromatic nitrogens is 3. The van der Waals surface area contributed by atoms with Crippen molar-refractivity contribution in [2.75, 3.05) is 5.73 Å². The van der Waals surface area contributed by atoms with Gasteiger partial charge in [0.1, 0.15) is 5.75 Å². The molecule has 0 unspecified atom stereocenters. The van der Waals surface area contributed by atoms with Crippen molar-refractivity contribution in [3.63, 3.8) is 0 Å². The molecule has 2 rings (SSSR count). The lowest BCUT2D eigenvalue weighted by Crippen LogP contribution is -2.09. The van der Waals surface area contributed by atoms with Crippen LogP contribution in [0.15, 0.2) is 24.5 Å². The zero-order valence-electron chi connectivity index (χ0n) is 7.45. The van der Waals surface area contributed by atoms with Crippen LogP contribution in [0.25, 0.3) is 0 Å². The molecule has 2 aromatic rings. The first-order valence-corrected chi connectivity index (χ1v) is 4.75. The average molecular weight is 222 g/mol. The molecule has 0 bridgehead atoms. The second-order valence-corrected chi connectivity index (χ2v) is 3.32. The Morgan fingerprint density at radius 2 is 2.40 bits per heavy atom. The molecule has 15 heavy (non-hydrogen) atoms. The summed E-state index contributed by atoms with van der Waals surface area (Å²) in [6.07, 6.45) is 3.02. The van der Waals surface area contributed by atoms with Crippen LogP contribution in [0.1, 0.15) is 9.67 Å². The highest BCUT2D eigenvalue weighted by atomic mass is 32.1. The highest BCUT2D eigenvalue weighted by Crippen LogP contribution is 2.16. The zero-order chi connectivity index (χ0) is 10.7. The minimum Gasteiger partial charge on any atom is -0.421 e. The van der Waals surface area contributed by atoms with E-state index in [9.17, 15) is 4.79 Å². The molecule has 0 fully saturated rings. The summed E-state index contributed by atoms with van der Waals surface area (Å²) in [4.78, 5) is 15.5. The summed E-state index contributed by atoms with van der Waals surface area (Å²) in [7, 11) is 0. The Hall–Kier alpha value is -2.02. The summed E-state index contributed by atoms with van der Waals surface area (Å²) in [6, 6.07) is 3.28. The normalized spacial score (nSPS) is 9.87. The topological polar surface area (TPSA) is 91.0 Å². The summed E-state index contributed by atoms with van der Waals surface area (Å²) in [5.41, 5.74) is 5.42. The number of ether oxygens (including phenoxy) is 1. The fourth-order valence-corrected chi connectivity index (χ4v) is 1.36. The lowest BCUT2D eigenvalue weighted by atomic mass is 10.4. The van der Waals surface area contributed by atoms with Gasteiger partial charge in [-0.3, -0.25) is 4.98 Å². The third-order valence-corrected chi connectivity index (χ3v) is 2.27. The summed E-state index contributed by atoms with van der Waals surface area (Å²) in [5.74, 6) is -0.139. The smallest absolute Gasteiger partial charge is 0.359 e. The third kappa shape index (κ3) is 2.08. The molecule has 0 aromatic carbocycles. The molecule has 2 aromatic heterocycles. The molecular weight excluding hydrogens is 216 g/mol. The Kier molecular flexibility index (Phi) is 2.55. The van der Waals surface area contributed by atoms with Gasteiger partial charge in [0.25, 0.3) is 0 Å². The molecular formula is C8H6N4O2S. The van der Waals surface area contributed by atoms with E-state index < -0.39 is 5.97 Å². The van der Waals surface area contributed by atoms with E-state index in [4.69, 9.17) is 10.5 Å². The fourth-order valence-electron chi connectivity index (χ4n) is 0.900. The van der Waals surface area contributed by atoms with Crippen LogP contribution in [0.5, 0.6) is 5.75 Å². The molecule has 0 spiro atoms. The molecule has 0 saturated heterocycles. The van der Waals surface area contributed by atoms with Gasteiger partial charge in [-0.2, -0.15) is 0 Å². The Bertz CT molecular complexity index is 471. The molecule has 0 aliphatic rings. The van der Waals surface area contributed by atoms with Crippen LogP contribution in [0.3, 0.4) is 0 Å². The van der Waals surface area contributed by atoms with Crippen LogP contribution in [0.2, 0.25) is 0 Å². The second kappa shape index (κ2) is 4.01. The molecule has 0 radical (unpaired) electrons. The van der Waals surface area contributed by atoms with Gasteiger partial charge in [0.2, 0.25) is 0 Å². The number of nitrogens with zero attached hydrogens (tertiary/aromatic N) is 3. The first-order valence-electron chi connectivity index (χ1n) is 3.97. The van der Waals surface area contributed by atoms with Crippen LogP contribution in [0, 0.1) is 0 Å². The monoisotopic (exact) mass is 222 g/mol. The van der Waals surface area contributed by atoms with Crippen molar-refractivity contribution in [2.24, 2.45) is 0 Å². The predicted molar refractivity (Wildman–Crippen MR) is 53.5 cm³/mol. The number of rotatable bonds is 2. The van der Waals surface area contributed by atoms with Gasteiger partial charge in [-0.1, -0.05) is 4.49 Å². The maximum atomic E-state index is 11.5. The van der Waals surface area contributed by atoms with Crippen molar-refractivity contribution in [1.82, 2.24) is 14.6 Å². The van der Waals surface area contributed by atoms with Crippen molar-refractivity contribution in [3.05, 3.63) is 29.4 Å². The first-order chi connectivity index (χ1) is 7.27. The van der Waals surface area contributed by atoms with E-state index in [2.05, 4.69) is 14.6 Å². The van der Waals surface area contributed by atoms with Crippen molar-refractivity contribution >= 4 is 23.3 Å². The van der Waals surface area contributed by atoms with Gasteiger partial charge in [-0.25, -0.2) is 4.79 Å². The van der Waals surface area contributed by atoms with Gasteiger partial charge < -0.3 is 10.5 Å². The van der Waals surface area contributed by atoms with E-state index in [0.717, 1.165) is 11.5 Å². The number of anilines is 1. The molecule has 76 valence electrons. The Balaban J connectivity index is 2.15. The standard InChI is InChI=1S/C8H6N4O2S/c9-7-6(15-12-11-7)8(13)14-5-2-1-3-10-4-5/h1-4H,9H2. The van der Waals surface area contributed by atoms with Gasteiger partial charge in [0.05, 0.1) is 6.20 Å². The van der Waals surface area contributed by atoms with E-state index in [-0.39, 0.29) is 10.7 Å². The van der Waals surface area contributed by atoms with Crippen molar-refractivity contribution in [3.8, 4) is 5.75 Å². The van der Waals surface area contributed by atoms with E-state index >= 15 is 0 Å². The van der Waals surface area contributed by atoms with E-state index in [1.54, 1.807) is 18.3 Å². The van der Waals surface area contributed by atoms with Gasteiger partial charge >= 0.3 is 5.97 Å². The molecule has 0 aliphatic heterocycles. The minimum absolute atomic E-state index is 0.0777. The molecule has 0 aliphatic carbocycles. The first kappa shape index (κ1) is 9.53. The second-order valence-electron chi connectivity index (χ2n) is 2.57. The Morgan fingerprint density at radius 1 is 1.53 bits per heavy atom. The number of nitrogens with two attached hydrogens (primary N) is 1. The SMILES string of the molecule is Nc1nnsc1C(=O)Oc1cccnc1. The number of carbonyl (C=O) groups is 1. The number of esters is 1. The van der Waals surface area contributed by atoms with Crippen LogP contribution in [0.4, 0.5) is 5.82 Å². The zero-order valence-corrected chi connectivity index (χ0v) is 8.27. The van der Waals surface area contributed by atoms with Crippen molar-refractivity contribution < 1.29 is 9.53 Å². The number of carbonyl (C=O) groups excluding carboxylic acids is 1. The summed E-state index contributed by atoms with van der Waals surface area (Å²) >= 11 is 0.896. The Labute approximate surface area is 88.9 Å². The quantitative estimate of drug-likeness (QED) is 0.753. The van der Waals surface area contributed by atoms with Crippen LogP contribution >= 0.6 is 11.5 Å². The van der Waals surface area contributed by atoms with E-state index in [0.29, 0.717) is 5.75 Å². The fraction of sp³-hybridized carbons (Fsp3) is 0. The maximum Gasteiger partial charge on any atom is 0.359 e. The van der Waals surface area contributed by atoms with Gasteiger partial charge in [-0.05, 0) is 23.7 Å². The highest BCUT2D eigenvalue weighted by Gasteiger charge is 2.16. The van der Waals surface area contributed by atoms with Gasteiger partial charge in [0.15, 0.2) is 10.7 Å². The average Bonchev–Trinajstić information content (AvgIpc) is 2.66. The summed E-state index contributed by atoms with van der Waals surface area (Å²) in [5, 5.41) is 3.51. The molecule has 2 N–H and O–H groups in total. The predicted octanol–water partition coefficient (Wildman–Crippen LogP) is 0.734. The minimum atomic E-state index is -0.574. The van der Waals surface area contributed by atoms with E-state index in [1.807, 2.05) is 0 Å². The van der Waals surface area contributed by atoms with Gasteiger partial charge in [0, 0.05) is 6.20 Å². The molecule has 7 heteroatoms. The Morgan fingerprint density at radius 3 is 3.00 bits per heavy atom. The molecule has 0 amide bonds. The van der Waals surface area contributed by atoms with E-state index in [1.165, 1.54) is 6.20 Å². The number of pyridine rings is 1. The van der Waals surface area contributed by atoms with Crippen LogP contribution in [-0.4, -0.2) is 20.5 Å². The van der Waals surface area contributed by atoms with Crippen LogP contribution < -0.4 is 10.5 Å². The van der Waals surface area contributed by atoms with Crippen LogP contribution in [-0.2, 0) is 0 Å². The van der Waals surface area contributed by atoms with Crippen molar-refractivity contribution in [2.45, 2.75) is 0 Å². The molecule has 0 atom stereocenters. The van der Waals surface area contributed by atoms with Crippen molar-refractivity contribution in [1.29, 1.82) is 0 Å². The number of hydrogen-bond acceptors (Lipinski definition) is 7. The lowest BCUT2D eigenvalue weighted by molar-refractivity contribution is 0.0740. The third-order valence-electron chi connectivity index (χ3n) is 1.54. The molecule has 6 nitrogen and oxygen atoms in total. The lowest BCUT2D eigenvalue weighted by Gasteiger charge is -2.00. The molecule has 2 heterocycles. The summed E-state index contributed by atoms with van der Waals surface area (Å²) < 4.78 is 8.52. The van der Waals surface area contributed by atoms with Gasteiger partial charge in [-0.15, -0.1) is 5.10 Å². The number of hydrogen-bond donors (Lipinski definition) is 1. The molecule has 0 saturated carbocycles. The summed E-state index contributed by atoms with van der Waals surface area (Å²) in [6.45, 7) is 0. The maximum absolute atomic E-state index is 11.5. The largest absolute Gasteiger partial charge is 0.421 e. The number of nitrogen functional groups attached to an aromatic ring is 1.